The largest absolute Gasteiger partial charge is 0.375 e. The molecule has 8 atom stereocenters. The molecular formula is C31H50O. The molecule has 1 heteroatoms. The fourth-order valence-corrected chi connectivity index (χ4v) is 8.08. The third-order valence-corrected chi connectivity index (χ3v) is 10.5. The Morgan fingerprint density at radius 2 is 1.62 bits per heavy atom. The molecule has 0 amide bonds. The van der Waals surface area contributed by atoms with E-state index in [0.29, 0.717) is 34.9 Å². The zero-order valence-electron chi connectivity index (χ0n) is 22.3. The summed E-state index contributed by atoms with van der Waals surface area (Å²) in [6.45, 7) is 19.2. The molecule has 3 saturated carbocycles. The third-order valence-electron chi connectivity index (χ3n) is 10.5. The zero-order valence-corrected chi connectivity index (χ0v) is 22.3. The SMILES string of the molecule is CC(C)O[C@H]1CC[C@@]2(C)C(=CC=C3[C@@H]4CC[C@H]([C@H](C)/C=C/[C@H](C)C(C)C)[C@@]4(C)CC[C@@H]32)C1. The van der Waals surface area contributed by atoms with Gasteiger partial charge >= 0.3 is 0 Å². The van der Waals surface area contributed by atoms with Gasteiger partial charge in [0.05, 0.1) is 12.2 Å². The third kappa shape index (κ3) is 4.21. The van der Waals surface area contributed by atoms with Crippen molar-refractivity contribution in [2.75, 3.05) is 0 Å². The second-order valence-corrected chi connectivity index (χ2v) is 13.0. The van der Waals surface area contributed by atoms with E-state index in [4.69, 9.17) is 4.74 Å². The first kappa shape index (κ1) is 24.3. The fraction of sp³-hybridized carbons (Fsp3) is 0.806. The van der Waals surface area contributed by atoms with Crippen LogP contribution < -0.4 is 0 Å². The van der Waals surface area contributed by atoms with Crippen LogP contribution in [-0.4, -0.2) is 12.2 Å². The molecule has 1 nitrogen and oxygen atoms in total. The molecule has 4 rings (SSSR count). The second kappa shape index (κ2) is 9.09. The van der Waals surface area contributed by atoms with E-state index in [0.717, 1.165) is 30.1 Å². The predicted molar refractivity (Wildman–Crippen MR) is 137 cm³/mol. The van der Waals surface area contributed by atoms with E-state index in [1.54, 1.807) is 5.57 Å². The Labute approximate surface area is 199 Å². The molecule has 0 aliphatic heterocycles. The Kier molecular flexibility index (Phi) is 6.90. The molecule has 0 heterocycles. The zero-order chi connectivity index (χ0) is 23.3. The molecule has 0 aromatic carbocycles. The van der Waals surface area contributed by atoms with E-state index in [9.17, 15) is 0 Å². The molecule has 0 aromatic heterocycles. The Morgan fingerprint density at radius 3 is 2.31 bits per heavy atom. The highest BCUT2D eigenvalue weighted by molar-refractivity contribution is 5.39. The van der Waals surface area contributed by atoms with Gasteiger partial charge in [0.1, 0.15) is 0 Å². The number of hydrogen-bond acceptors (Lipinski definition) is 1. The first-order valence-electron chi connectivity index (χ1n) is 13.8. The van der Waals surface area contributed by atoms with E-state index in [2.05, 4.69) is 79.7 Å². The van der Waals surface area contributed by atoms with Crippen LogP contribution in [0.5, 0.6) is 0 Å². The molecule has 0 aromatic rings. The molecule has 4 aliphatic carbocycles. The summed E-state index contributed by atoms with van der Waals surface area (Å²) < 4.78 is 6.23. The Balaban J connectivity index is 1.54. The van der Waals surface area contributed by atoms with Crippen molar-refractivity contribution in [1.82, 2.24) is 0 Å². The van der Waals surface area contributed by atoms with E-state index in [1.165, 1.54) is 38.5 Å². The van der Waals surface area contributed by atoms with E-state index < -0.39 is 0 Å². The predicted octanol–water partition coefficient (Wildman–Crippen LogP) is 8.76. The summed E-state index contributed by atoms with van der Waals surface area (Å²) >= 11 is 0. The molecule has 0 unspecified atom stereocenters. The van der Waals surface area contributed by atoms with Crippen molar-refractivity contribution in [1.29, 1.82) is 0 Å². The lowest BCUT2D eigenvalue weighted by molar-refractivity contribution is -0.0269. The molecule has 0 spiro atoms. The number of fused-ring (bicyclic) bond motifs is 5. The van der Waals surface area contributed by atoms with Gasteiger partial charge in [0.2, 0.25) is 0 Å². The van der Waals surface area contributed by atoms with Crippen LogP contribution >= 0.6 is 0 Å². The van der Waals surface area contributed by atoms with Crippen molar-refractivity contribution in [2.24, 2.45) is 46.3 Å². The molecule has 0 N–H and O–H groups in total. The summed E-state index contributed by atoms with van der Waals surface area (Å²) in [5.41, 5.74) is 4.36. The lowest BCUT2D eigenvalue weighted by Crippen LogP contribution is -2.46. The van der Waals surface area contributed by atoms with Crippen LogP contribution in [0.3, 0.4) is 0 Å². The molecule has 0 radical (unpaired) electrons. The van der Waals surface area contributed by atoms with Crippen LogP contribution in [0.2, 0.25) is 0 Å². The van der Waals surface area contributed by atoms with Gasteiger partial charge in [-0.05, 0) is 105 Å². The average molecular weight is 439 g/mol. The average Bonchev–Trinajstić information content (AvgIpc) is 3.08. The summed E-state index contributed by atoms with van der Waals surface area (Å²) in [6.07, 6.45) is 20.3. The minimum atomic E-state index is 0.338. The van der Waals surface area contributed by atoms with Crippen LogP contribution in [-0.2, 0) is 4.74 Å². The lowest BCUT2D eigenvalue weighted by atomic mass is 9.50. The van der Waals surface area contributed by atoms with Gasteiger partial charge in [0.15, 0.2) is 0 Å². The van der Waals surface area contributed by atoms with Crippen molar-refractivity contribution in [3.8, 4) is 0 Å². The smallest absolute Gasteiger partial charge is 0.0616 e. The van der Waals surface area contributed by atoms with Gasteiger partial charge < -0.3 is 4.74 Å². The molecule has 4 aliphatic rings. The lowest BCUT2D eigenvalue weighted by Gasteiger charge is -2.55. The highest BCUT2D eigenvalue weighted by Crippen LogP contribution is 2.66. The van der Waals surface area contributed by atoms with Crippen molar-refractivity contribution >= 4 is 0 Å². The van der Waals surface area contributed by atoms with Crippen LogP contribution in [0.1, 0.15) is 100 Å². The Bertz CT molecular complexity index is 769. The van der Waals surface area contributed by atoms with Crippen molar-refractivity contribution < 1.29 is 4.74 Å². The van der Waals surface area contributed by atoms with Crippen LogP contribution in [0, 0.1) is 46.3 Å². The maximum absolute atomic E-state index is 6.23. The number of allylic oxidation sites excluding steroid dienone is 5. The summed E-state index contributed by atoms with van der Waals surface area (Å²) in [5, 5.41) is 0. The van der Waals surface area contributed by atoms with E-state index in [-0.39, 0.29) is 0 Å². The maximum atomic E-state index is 6.23. The first-order valence-corrected chi connectivity index (χ1v) is 13.8. The molecule has 180 valence electrons. The van der Waals surface area contributed by atoms with E-state index in [1.807, 2.05) is 5.57 Å². The van der Waals surface area contributed by atoms with Gasteiger partial charge in [0.25, 0.3) is 0 Å². The molecule has 32 heavy (non-hydrogen) atoms. The van der Waals surface area contributed by atoms with Gasteiger partial charge in [-0.25, -0.2) is 0 Å². The second-order valence-electron chi connectivity index (χ2n) is 13.0. The number of rotatable bonds is 6. The topological polar surface area (TPSA) is 9.23 Å². The van der Waals surface area contributed by atoms with Crippen LogP contribution in [0.4, 0.5) is 0 Å². The van der Waals surface area contributed by atoms with Gasteiger partial charge in [0, 0.05) is 0 Å². The Morgan fingerprint density at radius 1 is 0.875 bits per heavy atom. The minimum Gasteiger partial charge on any atom is -0.375 e. The van der Waals surface area contributed by atoms with Gasteiger partial charge in [-0.3, -0.25) is 0 Å². The normalized spacial score (nSPS) is 41.2. The standard InChI is InChI=1S/C31H50O/c1-20(2)22(5)9-10-23(6)27-13-14-28-26-12-11-24-19-25(32-21(3)4)15-17-30(24,7)29(26)16-18-31(27,28)8/h9-12,20-23,25,27-29H,13-19H2,1-8H3/b10-9+/t22-,23+,25-,27+,28-,29-,30-,31+/m0/s1. The number of hydrogen-bond donors (Lipinski definition) is 0. The minimum absolute atomic E-state index is 0.338. The monoisotopic (exact) mass is 438 g/mol. The van der Waals surface area contributed by atoms with Crippen molar-refractivity contribution in [3.63, 3.8) is 0 Å². The van der Waals surface area contributed by atoms with Crippen molar-refractivity contribution in [2.45, 2.75) is 113 Å². The summed E-state index contributed by atoms with van der Waals surface area (Å²) in [4.78, 5) is 0. The molecule has 3 fully saturated rings. The van der Waals surface area contributed by atoms with Gasteiger partial charge in [-0.15, -0.1) is 0 Å². The van der Waals surface area contributed by atoms with E-state index >= 15 is 0 Å². The van der Waals surface area contributed by atoms with Gasteiger partial charge in [-0.1, -0.05) is 77.0 Å². The van der Waals surface area contributed by atoms with Gasteiger partial charge in [-0.2, -0.15) is 0 Å². The summed E-state index contributed by atoms with van der Waals surface area (Å²) in [7, 11) is 0. The first-order chi connectivity index (χ1) is 15.1. The highest BCUT2D eigenvalue weighted by Gasteiger charge is 2.56. The summed E-state index contributed by atoms with van der Waals surface area (Å²) in [5.74, 6) is 4.50. The molecule has 0 saturated heterocycles. The Hall–Kier alpha value is -0.820. The van der Waals surface area contributed by atoms with Crippen LogP contribution in [0.15, 0.2) is 35.5 Å². The maximum Gasteiger partial charge on any atom is 0.0616 e. The molecular weight excluding hydrogens is 388 g/mol. The summed E-state index contributed by atoms with van der Waals surface area (Å²) in [6, 6.07) is 0. The number of ether oxygens (including phenoxy) is 1. The van der Waals surface area contributed by atoms with Crippen molar-refractivity contribution in [3.05, 3.63) is 35.5 Å². The molecule has 0 bridgehead atoms. The fourth-order valence-electron chi connectivity index (χ4n) is 8.08. The quantitative estimate of drug-likeness (QED) is 0.376. The van der Waals surface area contributed by atoms with Crippen LogP contribution in [0.25, 0.3) is 0 Å². The highest BCUT2D eigenvalue weighted by atomic mass is 16.5.